The fourth-order valence-electron chi connectivity index (χ4n) is 3.21. The highest BCUT2D eigenvalue weighted by atomic mass is 16.2. The Morgan fingerprint density at radius 3 is 2.92 bits per heavy atom. The Morgan fingerprint density at radius 2 is 2.21 bits per heavy atom. The Hall–Kier alpha value is -2.75. The fraction of sp³-hybridized carbons (Fsp3) is 0.471. The molecule has 1 atom stereocenters. The Kier molecular flexibility index (Phi) is 3.73. The molecule has 2 aromatic rings. The molecule has 1 aliphatic heterocycles. The molecule has 0 aromatic carbocycles. The smallest absolute Gasteiger partial charge is 0.272 e. The quantitative estimate of drug-likeness (QED) is 0.855. The number of pyridine rings is 1. The highest BCUT2D eigenvalue weighted by Crippen LogP contribution is 2.38. The molecule has 3 heterocycles. The monoisotopic (exact) mass is 322 g/mol. The van der Waals surface area contributed by atoms with Crippen molar-refractivity contribution in [2.24, 2.45) is 0 Å². The van der Waals surface area contributed by atoms with Gasteiger partial charge in [0.25, 0.3) is 5.91 Å². The first-order valence-corrected chi connectivity index (χ1v) is 8.32. The number of rotatable bonds is 4. The minimum Gasteiger partial charge on any atom is -0.332 e. The first kappa shape index (κ1) is 14.8. The van der Waals surface area contributed by atoms with E-state index >= 15 is 0 Å². The average molecular weight is 322 g/mol. The van der Waals surface area contributed by atoms with E-state index in [4.69, 9.17) is 5.26 Å². The van der Waals surface area contributed by atoms with Crippen LogP contribution in [0.1, 0.15) is 53.3 Å². The van der Waals surface area contributed by atoms with E-state index in [1.807, 2.05) is 21.8 Å². The van der Waals surface area contributed by atoms with Crippen molar-refractivity contribution in [1.82, 2.24) is 24.9 Å². The van der Waals surface area contributed by atoms with Crippen molar-refractivity contribution < 1.29 is 4.79 Å². The summed E-state index contributed by atoms with van der Waals surface area (Å²) < 4.78 is 1.86. The van der Waals surface area contributed by atoms with Crippen LogP contribution in [-0.4, -0.2) is 43.4 Å². The number of carbonyl (C=O) groups excluding carboxylic acids is 1. The SMILES string of the molecule is N#Cc1ccc(C(=O)N2CCC[C@H]2Cn2cc(C3CC3)nn2)nc1. The number of hydrogen-bond acceptors (Lipinski definition) is 5. The summed E-state index contributed by atoms with van der Waals surface area (Å²) in [7, 11) is 0. The molecular weight excluding hydrogens is 304 g/mol. The molecule has 0 radical (unpaired) electrons. The maximum absolute atomic E-state index is 12.7. The second-order valence-electron chi connectivity index (χ2n) is 6.48. The second-order valence-corrected chi connectivity index (χ2v) is 6.48. The molecule has 2 aliphatic rings. The molecule has 1 aliphatic carbocycles. The zero-order valence-electron chi connectivity index (χ0n) is 13.3. The molecule has 0 unspecified atom stereocenters. The highest BCUT2D eigenvalue weighted by Gasteiger charge is 2.31. The lowest BCUT2D eigenvalue weighted by Gasteiger charge is -2.24. The van der Waals surface area contributed by atoms with Crippen LogP contribution in [0.2, 0.25) is 0 Å². The van der Waals surface area contributed by atoms with E-state index < -0.39 is 0 Å². The van der Waals surface area contributed by atoms with Gasteiger partial charge < -0.3 is 4.90 Å². The van der Waals surface area contributed by atoms with Crippen molar-refractivity contribution >= 4 is 5.91 Å². The molecule has 0 bridgehead atoms. The van der Waals surface area contributed by atoms with E-state index in [0.29, 0.717) is 23.7 Å². The molecule has 0 spiro atoms. The summed E-state index contributed by atoms with van der Waals surface area (Å²) in [5.41, 5.74) is 1.91. The maximum atomic E-state index is 12.7. The third-order valence-electron chi connectivity index (χ3n) is 4.70. The number of amides is 1. The summed E-state index contributed by atoms with van der Waals surface area (Å²) in [6.07, 6.45) is 7.81. The van der Waals surface area contributed by atoms with Crippen LogP contribution in [-0.2, 0) is 6.54 Å². The Balaban J connectivity index is 1.46. The molecule has 7 heteroatoms. The molecule has 7 nitrogen and oxygen atoms in total. The van der Waals surface area contributed by atoms with Crippen molar-refractivity contribution in [3.63, 3.8) is 0 Å². The zero-order chi connectivity index (χ0) is 16.5. The molecule has 4 rings (SSSR count). The van der Waals surface area contributed by atoms with Gasteiger partial charge in [0, 0.05) is 24.9 Å². The normalized spacial score (nSPS) is 20.1. The van der Waals surface area contributed by atoms with Crippen molar-refractivity contribution in [3.05, 3.63) is 41.5 Å². The van der Waals surface area contributed by atoms with Gasteiger partial charge in [0.1, 0.15) is 11.8 Å². The van der Waals surface area contributed by atoms with Crippen LogP contribution in [0.3, 0.4) is 0 Å². The van der Waals surface area contributed by atoms with E-state index in [2.05, 4.69) is 15.3 Å². The zero-order valence-corrected chi connectivity index (χ0v) is 13.3. The summed E-state index contributed by atoms with van der Waals surface area (Å²) >= 11 is 0. The third-order valence-corrected chi connectivity index (χ3v) is 4.70. The minimum absolute atomic E-state index is 0.0791. The predicted octanol–water partition coefficient (Wildman–Crippen LogP) is 1.73. The van der Waals surface area contributed by atoms with Crippen molar-refractivity contribution in [2.75, 3.05) is 6.54 Å². The van der Waals surface area contributed by atoms with Crippen LogP contribution in [0, 0.1) is 11.3 Å². The first-order chi connectivity index (χ1) is 11.7. The molecule has 1 saturated heterocycles. The molecule has 2 fully saturated rings. The molecule has 1 saturated carbocycles. The Bertz CT molecular complexity index is 786. The van der Waals surface area contributed by atoms with Crippen LogP contribution in [0.4, 0.5) is 0 Å². The standard InChI is InChI=1S/C17H18N6O/c18-8-12-3-6-15(19-9-12)17(24)23-7-1-2-14(23)10-22-11-16(20-21-22)13-4-5-13/h3,6,9,11,13-14H,1-2,4-5,7,10H2/t14-/m0/s1. The number of nitriles is 1. The maximum Gasteiger partial charge on any atom is 0.272 e. The molecule has 2 aromatic heterocycles. The van der Waals surface area contributed by atoms with Crippen LogP contribution in [0.5, 0.6) is 0 Å². The summed E-state index contributed by atoms with van der Waals surface area (Å²) in [6, 6.07) is 5.38. The van der Waals surface area contributed by atoms with Crippen molar-refractivity contribution in [3.8, 4) is 6.07 Å². The van der Waals surface area contributed by atoms with E-state index in [1.165, 1.54) is 19.0 Å². The van der Waals surface area contributed by atoms with Gasteiger partial charge in [0.15, 0.2) is 0 Å². The third kappa shape index (κ3) is 2.87. The van der Waals surface area contributed by atoms with Gasteiger partial charge in [-0.2, -0.15) is 5.26 Å². The Labute approximate surface area is 139 Å². The summed E-state index contributed by atoms with van der Waals surface area (Å²) in [6.45, 7) is 1.40. The van der Waals surface area contributed by atoms with E-state index in [1.54, 1.807) is 12.1 Å². The number of nitrogens with zero attached hydrogens (tertiary/aromatic N) is 6. The van der Waals surface area contributed by atoms with E-state index in [-0.39, 0.29) is 11.9 Å². The van der Waals surface area contributed by atoms with Gasteiger partial charge in [-0.25, -0.2) is 4.98 Å². The van der Waals surface area contributed by atoms with Crippen LogP contribution in [0.15, 0.2) is 24.5 Å². The van der Waals surface area contributed by atoms with Crippen LogP contribution in [0.25, 0.3) is 0 Å². The fourth-order valence-corrected chi connectivity index (χ4v) is 3.21. The summed E-state index contributed by atoms with van der Waals surface area (Å²) in [5, 5.41) is 17.3. The van der Waals surface area contributed by atoms with Crippen molar-refractivity contribution in [2.45, 2.75) is 44.2 Å². The topological polar surface area (TPSA) is 87.7 Å². The summed E-state index contributed by atoms with van der Waals surface area (Å²) in [4.78, 5) is 18.7. The van der Waals surface area contributed by atoms with Gasteiger partial charge in [-0.3, -0.25) is 9.48 Å². The van der Waals surface area contributed by atoms with E-state index in [9.17, 15) is 4.79 Å². The number of aromatic nitrogens is 4. The summed E-state index contributed by atoms with van der Waals surface area (Å²) in [5.74, 6) is 0.507. The van der Waals surface area contributed by atoms with Gasteiger partial charge in [-0.1, -0.05) is 5.21 Å². The molecular formula is C17H18N6O. The number of hydrogen-bond donors (Lipinski definition) is 0. The van der Waals surface area contributed by atoms with E-state index in [0.717, 1.165) is 25.1 Å². The highest BCUT2D eigenvalue weighted by molar-refractivity contribution is 5.92. The lowest BCUT2D eigenvalue weighted by Crippen LogP contribution is -2.38. The molecule has 24 heavy (non-hydrogen) atoms. The molecule has 0 N–H and O–H groups in total. The van der Waals surface area contributed by atoms with Crippen molar-refractivity contribution in [1.29, 1.82) is 5.26 Å². The molecule has 122 valence electrons. The second kappa shape index (κ2) is 6.04. The largest absolute Gasteiger partial charge is 0.332 e. The minimum atomic E-state index is -0.0791. The average Bonchev–Trinajstić information content (AvgIpc) is 3.19. The van der Waals surface area contributed by atoms with Crippen LogP contribution < -0.4 is 0 Å². The first-order valence-electron chi connectivity index (χ1n) is 8.32. The van der Waals surface area contributed by atoms with Crippen LogP contribution >= 0.6 is 0 Å². The Morgan fingerprint density at radius 1 is 1.33 bits per heavy atom. The number of likely N-dealkylation sites (tertiary alicyclic amines) is 1. The van der Waals surface area contributed by atoms with Gasteiger partial charge >= 0.3 is 0 Å². The lowest BCUT2D eigenvalue weighted by atomic mass is 10.2. The van der Waals surface area contributed by atoms with Gasteiger partial charge in [-0.05, 0) is 37.8 Å². The predicted molar refractivity (Wildman–Crippen MR) is 85.0 cm³/mol. The lowest BCUT2D eigenvalue weighted by molar-refractivity contribution is 0.0715. The van der Waals surface area contributed by atoms with Gasteiger partial charge in [0.2, 0.25) is 0 Å². The van der Waals surface area contributed by atoms with Gasteiger partial charge in [-0.15, -0.1) is 5.10 Å². The van der Waals surface area contributed by atoms with Gasteiger partial charge in [0.05, 0.1) is 23.8 Å². The number of carbonyl (C=O) groups is 1. The molecule has 1 amide bonds.